The van der Waals surface area contributed by atoms with E-state index in [0.717, 1.165) is 0 Å². The van der Waals surface area contributed by atoms with Gasteiger partial charge in [-0.25, -0.2) is 0 Å². The van der Waals surface area contributed by atoms with Gasteiger partial charge in [0.25, 0.3) is 0 Å². The molecule has 0 aliphatic heterocycles. The molecule has 0 aromatic heterocycles. The maximum Gasteiger partial charge on any atom is 3.00 e. The normalized spacial score (nSPS) is 5.80. The molecule has 0 N–H and O–H groups in total. The maximum atomic E-state index is 8.52. The first-order chi connectivity index (χ1) is 2.00. The van der Waals surface area contributed by atoms with E-state index in [9.17, 15) is 0 Å². The molecule has 0 spiro atoms. The van der Waals surface area contributed by atoms with Crippen molar-refractivity contribution in [3.63, 3.8) is 0 Å². The third-order valence-electron chi connectivity index (χ3n) is 0. The van der Waals surface area contributed by atoms with E-state index in [4.69, 9.17) is 17.5 Å². The summed E-state index contributed by atoms with van der Waals surface area (Å²) in [6, 6.07) is 0. The van der Waals surface area contributed by atoms with E-state index in [1.54, 1.807) is 0 Å². The number of halogens is 3. The summed E-state index contributed by atoms with van der Waals surface area (Å²) in [4.78, 5) is 0. The van der Waals surface area contributed by atoms with Crippen molar-refractivity contribution < 1.29 is 89.2 Å². The van der Waals surface area contributed by atoms with Crippen molar-refractivity contribution >= 4 is 10.4 Å². The summed E-state index contributed by atoms with van der Waals surface area (Å²) in [7, 11) is -5.17. The van der Waals surface area contributed by atoms with E-state index < -0.39 is 10.4 Å². The van der Waals surface area contributed by atoms with Gasteiger partial charge in [-0.3, -0.25) is 8.42 Å². The van der Waals surface area contributed by atoms with E-state index in [1.165, 1.54) is 0 Å². The first kappa shape index (κ1) is 40.9. The summed E-state index contributed by atoms with van der Waals surface area (Å²) in [6.45, 7) is 0. The van der Waals surface area contributed by atoms with E-state index in [2.05, 4.69) is 0 Å². The van der Waals surface area contributed by atoms with E-state index in [-0.39, 0.29) is 71.7 Å². The van der Waals surface area contributed by atoms with Gasteiger partial charge in [-0.2, -0.15) is 0 Å². The van der Waals surface area contributed by atoms with Crippen molar-refractivity contribution in [3.05, 3.63) is 0 Å². The van der Waals surface area contributed by atoms with Crippen LogP contribution in [0.4, 0.5) is 0 Å². The standard InChI is InChI=1S/3ClH.Cr.Cu.H2O4S/c;;;;;1-5(2,3)4/h3*1H;;;(H2,1,2,3,4)/q;;;+3;+2;/p-5. The summed E-state index contributed by atoms with van der Waals surface area (Å²) >= 11 is 0. The predicted octanol–water partition coefficient (Wildman–Crippen LogP) is -10.3. The first-order valence-electron chi connectivity index (χ1n) is 0.667. The van der Waals surface area contributed by atoms with Gasteiger partial charge in [0.05, 0.1) is 0 Å². The van der Waals surface area contributed by atoms with Crippen LogP contribution in [0.1, 0.15) is 0 Å². The molecule has 4 nitrogen and oxygen atoms in total. The van der Waals surface area contributed by atoms with Gasteiger partial charge < -0.3 is 46.3 Å². The fourth-order valence-electron chi connectivity index (χ4n) is 0. The van der Waals surface area contributed by atoms with Crippen molar-refractivity contribution in [2.45, 2.75) is 0 Å². The smallest absolute Gasteiger partial charge is 1.00 e. The quantitative estimate of drug-likeness (QED) is 0.252. The Bertz CT molecular complexity index is 104. The molecule has 0 aliphatic rings. The summed E-state index contributed by atoms with van der Waals surface area (Å²) in [5.74, 6) is 0. The molecule has 0 aliphatic carbocycles. The van der Waals surface area contributed by atoms with Crippen LogP contribution in [-0.4, -0.2) is 17.5 Å². The molecular formula is Cl3CrCuO4S. The minimum atomic E-state index is -5.17. The van der Waals surface area contributed by atoms with Gasteiger partial charge in [0, 0.05) is 10.4 Å². The first-order valence-corrected chi connectivity index (χ1v) is 2.00. The molecule has 0 unspecified atom stereocenters. The molecule has 0 heterocycles. The fraction of sp³-hybridized carbons (Fsp3) is 0. The van der Waals surface area contributed by atoms with Crippen LogP contribution in [0.15, 0.2) is 0 Å². The zero-order chi connectivity index (χ0) is 4.50. The van der Waals surface area contributed by atoms with Gasteiger partial charge in [-0.05, 0) is 0 Å². The Morgan fingerprint density at radius 1 is 0.900 bits per heavy atom. The summed E-state index contributed by atoms with van der Waals surface area (Å²) in [5, 5.41) is 0. The predicted molar refractivity (Wildman–Crippen MR) is 10.5 cm³/mol. The van der Waals surface area contributed by atoms with Crippen LogP contribution in [0.3, 0.4) is 0 Å². The van der Waals surface area contributed by atoms with Gasteiger partial charge in [0.15, 0.2) is 0 Å². The Kier molecular flexibility index (Phi) is 69.8. The molecule has 0 saturated heterocycles. The van der Waals surface area contributed by atoms with Crippen molar-refractivity contribution in [2.24, 2.45) is 0 Å². The summed E-state index contributed by atoms with van der Waals surface area (Å²) < 4.78 is 34.1. The Morgan fingerprint density at radius 2 is 0.900 bits per heavy atom. The summed E-state index contributed by atoms with van der Waals surface area (Å²) in [6.07, 6.45) is 0. The Morgan fingerprint density at radius 3 is 0.900 bits per heavy atom. The van der Waals surface area contributed by atoms with Gasteiger partial charge in [0.1, 0.15) is 0 Å². The van der Waals surface area contributed by atoms with Crippen LogP contribution in [0.2, 0.25) is 0 Å². The van der Waals surface area contributed by atoms with Gasteiger partial charge in [-0.15, -0.1) is 0 Å². The molecule has 10 heteroatoms. The van der Waals surface area contributed by atoms with Crippen molar-refractivity contribution in [2.75, 3.05) is 0 Å². The molecule has 0 aromatic carbocycles. The molecule has 0 aromatic rings. The largest absolute Gasteiger partial charge is 3.00 e. The van der Waals surface area contributed by atoms with Crippen LogP contribution in [0.25, 0.3) is 0 Å². The molecule has 2 radical (unpaired) electrons. The molecule has 0 bridgehead atoms. The molecule has 68 valence electrons. The van der Waals surface area contributed by atoms with Crippen LogP contribution < -0.4 is 37.2 Å². The molecule has 0 rings (SSSR count). The van der Waals surface area contributed by atoms with Crippen LogP contribution >= 0.6 is 0 Å². The second-order valence-corrected chi connectivity index (χ2v) is 1.22. The van der Waals surface area contributed by atoms with Gasteiger partial charge >= 0.3 is 34.4 Å². The van der Waals surface area contributed by atoms with E-state index in [0.29, 0.717) is 0 Å². The average molecular weight is 318 g/mol. The number of hydrogen-bond donors (Lipinski definition) is 0. The molecule has 0 saturated carbocycles. The number of rotatable bonds is 0. The van der Waals surface area contributed by atoms with Gasteiger partial charge in [0.2, 0.25) is 0 Å². The fourth-order valence-corrected chi connectivity index (χ4v) is 0. The zero-order valence-corrected chi connectivity index (χ0v) is 9.19. The van der Waals surface area contributed by atoms with E-state index in [1.807, 2.05) is 0 Å². The molecule has 0 fully saturated rings. The molecule has 0 atom stereocenters. The van der Waals surface area contributed by atoms with Crippen LogP contribution in [-0.2, 0) is 44.8 Å². The molecule has 0 amide bonds. The third kappa shape index (κ3) is 236. The second kappa shape index (κ2) is 17.0. The molecular weight excluding hydrogens is 318 g/mol. The second-order valence-electron chi connectivity index (χ2n) is 0.408. The van der Waals surface area contributed by atoms with Crippen molar-refractivity contribution in [3.8, 4) is 0 Å². The Hall–Kier alpha value is 1.79. The minimum absolute atomic E-state index is 0. The number of hydrogen-bond acceptors (Lipinski definition) is 4. The van der Waals surface area contributed by atoms with Gasteiger partial charge in [-0.1, -0.05) is 0 Å². The Labute approximate surface area is 98.9 Å². The SMILES string of the molecule is O=S(=O)([O-])[O-].[Cl-].[Cl-].[Cl-].[Cr+3].[Cu+2]. The summed E-state index contributed by atoms with van der Waals surface area (Å²) in [5.41, 5.74) is 0. The maximum absolute atomic E-state index is 8.52. The monoisotopic (exact) mass is 316 g/mol. The van der Waals surface area contributed by atoms with Crippen molar-refractivity contribution in [1.82, 2.24) is 0 Å². The topological polar surface area (TPSA) is 80.3 Å². The van der Waals surface area contributed by atoms with Crippen molar-refractivity contribution in [1.29, 1.82) is 0 Å². The molecule has 10 heavy (non-hydrogen) atoms. The Balaban J connectivity index is -0.00000000800. The minimum Gasteiger partial charge on any atom is -1.00 e. The van der Waals surface area contributed by atoms with Crippen LogP contribution in [0, 0.1) is 0 Å². The van der Waals surface area contributed by atoms with Crippen LogP contribution in [0.5, 0.6) is 0 Å². The zero-order valence-electron chi connectivity index (χ0n) is 3.88. The van der Waals surface area contributed by atoms with E-state index >= 15 is 0 Å². The third-order valence-corrected chi connectivity index (χ3v) is 0. The average Bonchev–Trinajstić information content (AvgIpc) is 0.722.